The molecule has 0 spiro atoms. The lowest BCUT2D eigenvalue weighted by Gasteiger charge is -2.29. The first kappa shape index (κ1) is 16.1. The number of anilines is 1. The van der Waals surface area contributed by atoms with Crippen LogP contribution in [0, 0.1) is 0 Å². The number of hydrogen-bond donors (Lipinski definition) is 2. The molecule has 2 N–H and O–H groups in total. The largest absolute Gasteiger partial charge is 0.388 e. The highest BCUT2D eigenvalue weighted by atomic mass is 16.3. The van der Waals surface area contributed by atoms with Crippen molar-refractivity contribution >= 4 is 11.7 Å². The van der Waals surface area contributed by atoms with Gasteiger partial charge in [0.25, 0.3) is 5.91 Å². The van der Waals surface area contributed by atoms with E-state index >= 15 is 0 Å². The fraction of sp³-hybridized carbons (Fsp3) is 0.400. The maximum absolute atomic E-state index is 12.9. The van der Waals surface area contributed by atoms with Crippen molar-refractivity contribution in [3.63, 3.8) is 0 Å². The zero-order chi connectivity index (χ0) is 17.2. The average molecular weight is 337 g/mol. The molecule has 2 aliphatic rings. The van der Waals surface area contributed by atoms with E-state index < -0.39 is 6.10 Å². The van der Waals surface area contributed by atoms with Crippen molar-refractivity contribution in [3.05, 3.63) is 59.3 Å². The number of amides is 1. The molecule has 130 valence electrons. The number of aromatic nitrogens is 1. The third-order valence-electron chi connectivity index (χ3n) is 5.18. The molecule has 2 heterocycles. The molecule has 25 heavy (non-hydrogen) atoms. The van der Waals surface area contributed by atoms with E-state index in [9.17, 15) is 9.90 Å². The van der Waals surface area contributed by atoms with Gasteiger partial charge in [-0.25, -0.2) is 4.98 Å². The number of carbonyl (C=O) groups excluding carboxylic acids is 1. The number of benzene rings is 1. The summed E-state index contributed by atoms with van der Waals surface area (Å²) in [7, 11) is 0. The monoisotopic (exact) mass is 337 g/mol. The van der Waals surface area contributed by atoms with Gasteiger partial charge in [-0.15, -0.1) is 0 Å². The standard InChI is InChI=1S/C20H23N3O2/c24-18-13-17(14-7-2-3-8-15(14)18)22-20(25)16-9-6-10-21-19(16)23-11-4-1-5-12-23/h2-3,6-10,17-18,24H,1,4-5,11-13H2,(H,22,25). The zero-order valence-corrected chi connectivity index (χ0v) is 14.2. The first-order chi connectivity index (χ1) is 12.2. The van der Waals surface area contributed by atoms with Crippen LogP contribution < -0.4 is 10.2 Å². The number of nitrogens with one attached hydrogen (secondary N) is 1. The van der Waals surface area contributed by atoms with Gasteiger partial charge >= 0.3 is 0 Å². The maximum atomic E-state index is 12.9. The minimum atomic E-state index is -0.517. The Kier molecular flexibility index (Phi) is 4.40. The van der Waals surface area contributed by atoms with E-state index in [0.29, 0.717) is 12.0 Å². The molecule has 0 bridgehead atoms. The molecule has 1 aromatic carbocycles. The van der Waals surface area contributed by atoms with Gasteiger partial charge in [0.2, 0.25) is 0 Å². The number of aliphatic hydroxyl groups is 1. The predicted octanol–water partition coefficient (Wildman–Crippen LogP) is 2.98. The van der Waals surface area contributed by atoms with Crippen molar-refractivity contribution < 1.29 is 9.90 Å². The quantitative estimate of drug-likeness (QED) is 0.904. The van der Waals surface area contributed by atoms with Crippen molar-refractivity contribution in [1.82, 2.24) is 10.3 Å². The summed E-state index contributed by atoms with van der Waals surface area (Å²) >= 11 is 0. The predicted molar refractivity (Wildman–Crippen MR) is 96.5 cm³/mol. The zero-order valence-electron chi connectivity index (χ0n) is 14.2. The van der Waals surface area contributed by atoms with Gasteiger partial charge in [-0.1, -0.05) is 24.3 Å². The third kappa shape index (κ3) is 3.12. The lowest BCUT2D eigenvalue weighted by molar-refractivity contribution is 0.0924. The number of pyridine rings is 1. The van der Waals surface area contributed by atoms with E-state index in [1.807, 2.05) is 30.3 Å². The molecule has 5 nitrogen and oxygen atoms in total. The summed E-state index contributed by atoms with van der Waals surface area (Å²) in [5.74, 6) is 0.647. The van der Waals surface area contributed by atoms with Gasteiger partial charge in [0.15, 0.2) is 0 Å². The number of aliphatic hydroxyl groups excluding tert-OH is 1. The minimum absolute atomic E-state index is 0.123. The smallest absolute Gasteiger partial charge is 0.255 e. The minimum Gasteiger partial charge on any atom is -0.388 e. The molecule has 1 fully saturated rings. The molecule has 2 aromatic rings. The molecule has 4 rings (SSSR count). The SMILES string of the molecule is O=C(NC1CC(O)c2ccccc21)c1cccnc1N1CCCCC1. The van der Waals surface area contributed by atoms with Crippen LogP contribution in [0.2, 0.25) is 0 Å². The van der Waals surface area contributed by atoms with Crippen LogP contribution in [0.4, 0.5) is 5.82 Å². The molecule has 2 atom stereocenters. The average Bonchev–Trinajstić information content (AvgIpc) is 2.98. The van der Waals surface area contributed by atoms with Crippen LogP contribution in [0.25, 0.3) is 0 Å². The van der Waals surface area contributed by atoms with Crippen molar-refractivity contribution in [1.29, 1.82) is 0 Å². The summed E-state index contributed by atoms with van der Waals surface area (Å²) < 4.78 is 0. The van der Waals surface area contributed by atoms with E-state index in [2.05, 4.69) is 15.2 Å². The van der Waals surface area contributed by atoms with E-state index in [1.54, 1.807) is 12.3 Å². The Hall–Kier alpha value is -2.40. The Balaban J connectivity index is 1.56. The van der Waals surface area contributed by atoms with Crippen molar-refractivity contribution in [2.24, 2.45) is 0 Å². The van der Waals surface area contributed by atoms with Gasteiger partial charge in [0, 0.05) is 25.7 Å². The van der Waals surface area contributed by atoms with Crippen LogP contribution in [0.15, 0.2) is 42.6 Å². The maximum Gasteiger partial charge on any atom is 0.255 e. The van der Waals surface area contributed by atoms with Crippen molar-refractivity contribution in [2.75, 3.05) is 18.0 Å². The summed E-state index contributed by atoms with van der Waals surface area (Å²) in [5, 5.41) is 13.3. The second-order valence-corrected chi connectivity index (χ2v) is 6.83. The lowest BCUT2D eigenvalue weighted by atomic mass is 10.1. The van der Waals surface area contributed by atoms with Crippen LogP contribution in [0.1, 0.15) is 59.3 Å². The van der Waals surface area contributed by atoms with Crippen LogP contribution in [-0.2, 0) is 0 Å². The number of rotatable bonds is 3. The lowest BCUT2D eigenvalue weighted by Crippen LogP contribution is -2.34. The van der Waals surface area contributed by atoms with Gasteiger partial charge in [-0.3, -0.25) is 4.79 Å². The molecule has 0 saturated carbocycles. The van der Waals surface area contributed by atoms with Crippen LogP contribution >= 0.6 is 0 Å². The van der Waals surface area contributed by atoms with E-state index in [0.717, 1.165) is 42.9 Å². The fourth-order valence-corrected chi connectivity index (χ4v) is 3.91. The van der Waals surface area contributed by atoms with Gasteiger partial charge in [0.1, 0.15) is 5.82 Å². The Morgan fingerprint density at radius 3 is 2.64 bits per heavy atom. The second-order valence-electron chi connectivity index (χ2n) is 6.83. The summed E-state index contributed by atoms with van der Waals surface area (Å²) in [6.07, 6.45) is 5.26. The van der Waals surface area contributed by atoms with Gasteiger partial charge in [-0.05, 0) is 42.5 Å². The Labute approximate surface area is 147 Å². The Morgan fingerprint density at radius 2 is 1.84 bits per heavy atom. The summed E-state index contributed by atoms with van der Waals surface area (Å²) in [5.41, 5.74) is 2.53. The normalized spacial score (nSPS) is 22.5. The number of piperidine rings is 1. The molecule has 1 aliphatic heterocycles. The second kappa shape index (κ2) is 6.84. The molecular formula is C20H23N3O2. The van der Waals surface area contributed by atoms with Crippen molar-refractivity contribution in [2.45, 2.75) is 37.8 Å². The topological polar surface area (TPSA) is 65.5 Å². The Bertz CT molecular complexity index is 771. The van der Waals surface area contributed by atoms with Gasteiger partial charge in [-0.2, -0.15) is 0 Å². The first-order valence-electron chi connectivity index (χ1n) is 9.02. The summed E-state index contributed by atoms with van der Waals surface area (Å²) in [6.45, 7) is 1.89. The molecule has 1 aromatic heterocycles. The first-order valence-corrected chi connectivity index (χ1v) is 9.02. The Morgan fingerprint density at radius 1 is 1.08 bits per heavy atom. The van der Waals surface area contributed by atoms with Crippen LogP contribution in [-0.4, -0.2) is 29.1 Å². The number of nitrogens with zero attached hydrogens (tertiary/aromatic N) is 2. The molecular weight excluding hydrogens is 314 g/mol. The summed E-state index contributed by atoms with van der Waals surface area (Å²) in [4.78, 5) is 19.6. The van der Waals surface area contributed by atoms with Crippen LogP contribution in [0.5, 0.6) is 0 Å². The van der Waals surface area contributed by atoms with Crippen LogP contribution in [0.3, 0.4) is 0 Å². The third-order valence-corrected chi connectivity index (χ3v) is 5.18. The molecule has 1 amide bonds. The van der Waals surface area contributed by atoms with E-state index in [-0.39, 0.29) is 11.9 Å². The highest BCUT2D eigenvalue weighted by molar-refractivity contribution is 5.99. The molecule has 2 unspecified atom stereocenters. The molecule has 1 saturated heterocycles. The molecule has 5 heteroatoms. The summed E-state index contributed by atoms with van der Waals surface area (Å²) in [6, 6.07) is 11.2. The van der Waals surface area contributed by atoms with Gasteiger partial charge < -0.3 is 15.3 Å². The molecule has 1 aliphatic carbocycles. The number of hydrogen-bond acceptors (Lipinski definition) is 4. The number of fused-ring (bicyclic) bond motifs is 1. The van der Waals surface area contributed by atoms with Gasteiger partial charge in [0.05, 0.1) is 17.7 Å². The molecule has 0 radical (unpaired) electrons. The number of carbonyl (C=O) groups is 1. The van der Waals surface area contributed by atoms with Crippen molar-refractivity contribution in [3.8, 4) is 0 Å². The van der Waals surface area contributed by atoms with E-state index in [1.165, 1.54) is 6.42 Å². The highest BCUT2D eigenvalue weighted by Crippen LogP contribution is 2.38. The fourth-order valence-electron chi connectivity index (χ4n) is 3.91. The highest BCUT2D eigenvalue weighted by Gasteiger charge is 2.31. The van der Waals surface area contributed by atoms with E-state index in [4.69, 9.17) is 0 Å².